The monoisotopic (exact) mass is 461 g/mol. The predicted octanol–water partition coefficient (Wildman–Crippen LogP) is 4.09. The molecule has 3 aromatic rings. The van der Waals surface area contributed by atoms with Gasteiger partial charge in [0.1, 0.15) is 15.5 Å². The number of benzene rings is 1. The van der Waals surface area contributed by atoms with E-state index in [4.69, 9.17) is 22.2 Å². The van der Waals surface area contributed by atoms with Crippen molar-refractivity contribution in [2.24, 2.45) is 11.5 Å². The molecule has 0 atom stereocenters. The summed E-state index contributed by atoms with van der Waals surface area (Å²) in [4.78, 5) is 19.4. The second-order valence-electron chi connectivity index (χ2n) is 7.74. The van der Waals surface area contributed by atoms with Crippen molar-refractivity contribution in [2.45, 2.75) is 25.1 Å². The molecule has 0 bridgehead atoms. The zero-order chi connectivity index (χ0) is 23.0. The van der Waals surface area contributed by atoms with Gasteiger partial charge in [0.05, 0.1) is 11.3 Å². The minimum absolute atomic E-state index is 0.160. The van der Waals surface area contributed by atoms with Crippen molar-refractivity contribution >= 4 is 51.1 Å². The molecule has 168 valence electrons. The van der Waals surface area contributed by atoms with Crippen molar-refractivity contribution in [3.63, 3.8) is 0 Å². The zero-order valence-electron chi connectivity index (χ0n) is 17.0. The standard InChI is InChI=1S/C22H22F3N5OS/c23-22(24,25)14-5-2-12(3-6-14)1-4-13-11-16(30-9-7-15(26)8-10-30)29-21-17(13)18(27)19(32-21)20(28)31/h1-6,11,15H,7-10,26-27H2,(H2,28,31). The van der Waals surface area contributed by atoms with Crippen LogP contribution in [0.5, 0.6) is 0 Å². The normalized spacial score (nSPS) is 15.7. The highest BCUT2D eigenvalue weighted by Gasteiger charge is 2.29. The summed E-state index contributed by atoms with van der Waals surface area (Å²) >= 11 is 1.13. The SMILES string of the molecule is NC(=O)c1sc2nc(N3CCC(N)CC3)cc(C=Cc3ccc(C(F)(F)F)cc3)c2c1N. The summed E-state index contributed by atoms with van der Waals surface area (Å²) in [6, 6.07) is 6.90. The van der Waals surface area contributed by atoms with E-state index in [0.29, 0.717) is 21.3 Å². The molecule has 1 aromatic carbocycles. The third kappa shape index (κ3) is 4.42. The molecule has 32 heavy (non-hydrogen) atoms. The Morgan fingerprint density at radius 1 is 1.16 bits per heavy atom. The van der Waals surface area contributed by atoms with E-state index in [2.05, 4.69) is 4.90 Å². The lowest BCUT2D eigenvalue weighted by molar-refractivity contribution is -0.137. The molecular weight excluding hydrogens is 439 g/mol. The van der Waals surface area contributed by atoms with Crippen LogP contribution < -0.4 is 22.1 Å². The van der Waals surface area contributed by atoms with Gasteiger partial charge in [-0.1, -0.05) is 24.3 Å². The van der Waals surface area contributed by atoms with Crippen LogP contribution >= 0.6 is 11.3 Å². The first-order valence-corrected chi connectivity index (χ1v) is 10.8. The Kier molecular flexibility index (Phi) is 5.83. The second-order valence-corrected chi connectivity index (χ2v) is 8.74. The number of nitrogen functional groups attached to an aromatic ring is 1. The molecule has 0 unspecified atom stereocenters. The van der Waals surface area contributed by atoms with Crippen LogP contribution in [0.25, 0.3) is 22.4 Å². The number of fused-ring (bicyclic) bond motifs is 1. The fourth-order valence-electron chi connectivity index (χ4n) is 3.71. The lowest BCUT2D eigenvalue weighted by Gasteiger charge is -2.31. The average molecular weight is 462 g/mol. The van der Waals surface area contributed by atoms with E-state index in [-0.39, 0.29) is 16.6 Å². The number of hydrogen-bond acceptors (Lipinski definition) is 6. The lowest BCUT2D eigenvalue weighted by atomic mass is 10.0. The molecule has 10 heteroatoms. The fraction of sp³-hybridized carbons (Fsp3) is 0.273. The molecule has 6 N–H and O–H groups in total. The first-order valence-electron chi connectivity index (χ1n) is 10.0. The molecular formula is C22H22F3N5OS. The number of aromatic nitrogens is 1. The summed E-state index contributed by atoms with van der Waals surface area (Å²) in [5, 5.41) is 0.601. The molecule has 1 fully saturated rings. The number of nitrogens with zero attached hydrogens (tertiary/aromatic N) is 2. The Labute approximate surface area is 186 Å². The molecule has 1 amide bonds. The number of hydrogen-bond donors (Lipinski definition) is 3. The van der Waals surface area contributed by atoms with Gasteiger partial charge in [0, 0.05) is 24.5 Å². The smallest absolute Gasteiger partial charge is 0.397 e. The minimum Gasteiger partial charge on any atom is -0.397 e. The van der Waals surface area contributed by atoms with Crippen molar-refractivity contribution in [2.75, 3.05) is 23.7 Å². The Hall–Kier alpha value is -3.11. The van der Waals surface area contributed by atoms with Gasteiger partial charge in [0.25, 0.3) is 5.91 Å². The van der Waals surface area contributed by atoms with Crippen molar-refractivity contribution in [3.8, 4) is 0 Å². The molecule has 1 aliphatic rings. The molecule has 0 aliphatic carbocycles. The van der Waals surface area contributed by atoms with Crippen LogP contribution in [-0.2, 0) is 6.18 Å². The molecule has 1 saturated heterocycles. The number of pyridine rings is 1. The highest BCUT2D eigenvalue weighted by molar-refractivity contribution is 7.21. The lowest BCUT2D eigenvalue weighted by Crippen LogP contribution is -2.40. The average Bonchev–Trinajstić information content (AvgIpc) is 3.09. The molecule has 0 radical (unpaired) electrons. The predicted molar refractivity (Wildman–Crippen MR) is 122 cm³/mol. The maximum atomic E-state index is 12.8. The number of amides is 1. The zero-order valence-corrected chi connectivity index (χ0v) is 17.8. The van der Waals surface area contributed by atoms with E-state index in [0.717, 1.165) is 55.2 Å². The van der Waals surface area contributed by atoms with E-state index >= 15 is 0 Å². The van der Waals surface area contributed by atoms with Gasteiger partial charge in [-0.15, -0.1) is 11.3 Å². The maximum Gasteiger partial charge on any atom is 0.416 e. The minimum atomic E-state index is -4.39. The Bertz CT molecular complexity index is 1180. The Morgan fingerprint density at radius 3 is 2.41 bits per heavy atom. The van der Waals surface area contributed by atoms with Gasteiger partial charge >= 0.3 is 6.18 Å². The first-order chi connectivity index (χ1) is 15.1. The summed E-state index contributed by atoms with van der Waals surface area (Å²) in [5.74, 6) is 0.0994. The number of nitrogens with two attached hydrogens (primary N) is 3. The number of rotatable bonds is 4. The number of piperidine rings is 1. The fourth-order valence-corrected chi connectivity index (χ4v) is 4.69. The van der Waals surface area contributed by atoms with Gasteiger partial charge in [0.15, 0.2) is 0 Å². The highest BCUT2D eigenvalue weighted by atomic mass is 32.1. The molecule has 6 nitrogen and oxygen atoms in total. The second kappa shape index (κ2) is 8.44. The number of thiophene rings is 1. The van der Waals surface area contributed by atoms with E-state index in [1.54, 1.807) is 12.2 Å². The van der Waals surface area contributed by atoms with Gasteiger partial charge in [-0.2, -0.15) is 13.2 Å². The number of alkyl halides is 3. The molecule has 3 heterocycles. The molecule has 0 saturated carbocycles. The number of halogens is 3. The van der Waals surface area contributed by atoms with Crippen molar-refractivity contribution in [3.05, 3.63) is 51.9 Å². The van der Waals surface area contributed by atoms with Gasteiger partial charge < -0.3 is 22.1 Å². The van der Waals surface area contributed by atoms with Crippen LogP contribution in [0, 0.1) is 0 Å². The third-order valence-electron chi connectivity index (χ3n) is 5.50. The summed E-state index contributed by atoms with van der Waals surface area (Å²) in [6.07, 6.45) is 0.762. The van der Waals surface area contributed by atoms with Gasteiger partial charge in [-0.25, -0.2) is 4.98 Å². The van der Waals surface area contributed by atoms with Crippen LogP contribution in [0.15, 0.2) is 30.3 Å². The summed E-state index contributed by atoms with van der Waals surface area (Å²) < 4.78 is 38.4. The van der Waals surface area contributed by atoms with E-state index in [9.17, 15) is 18.0 Å². The number of carbonyl (C=O) groups is 1. The van der Waals surface area contributed by atoms with Crippen LogP contribution in [0.1, 0.15) is 39.2 Å². The third-order valence-corrected chi connectivity index (χ3v) is 6.61. The van der Waals surface area contributed by atoms with Gasteiger partial charge in [-0.3, -0.25) is 4.79 Å². The molecule has 2 aromatic heterocycles. The van der Waals surface area contributed by atoms with Crippen LogP contribution in [-0.4, -0.2) is 30.0 Å². The first kappa shape index (κ1) is 22.1. The van der Waals surface area contributed by atoms with E-state index in [1.165, 1.54) is 12.1 Å². The molecule has 0 spiro atoms. The van der Waals surface area contributed by atoms with Gasteiger partial charge in [-0.05, 0) is 42.2 Å². The topological polar surface area (TPSA) is 111 Å². The largest absolute Gasteiger partial charge is 0.416 e. The van der Waals surface area contributed by atoms with Crippen molar-refractivity contribution in [1.82, 2.24) is 4.98 Å². The van der Waals surface area contributed by atoms with Crippen molar-refractivity contribution < 1.29 is 18.0 Å². The summed E-state index contributed by atoms with van der Waals surface area (Å²) in [6.45, 7) is 1.51. The molecule has 1 aliphatic heterocycles. The van der Waals surface area contributed by atoms with Crippen LogP contribution in [0.2, 0.25) is 0 Å². The number of primary amides is 1. The Balaban J connectivity index is 1.75. The highest BCUT2D eigenvalue weighted by Crippen LogP contribution is 2.38. The number of anilines is 2. The van der Waals surface area contributed by atoms with Crippen LogP contribution in [0.3, 0.4) is 0 Å². The Morgan fingerprint density at radius 2 is 1.81 bits per heavy atom. The van der Waals surface area contributed by atoms with Crippen LogP contribution in [0.4, 0.5) is 24.7 Å². The summed E-state index contributed by atoms with van der Waals surface area (Å²) in [7, 11) is 0. The quantitative estimate of drug-likeness (QED) is 0.542. The molecule has 4 rings (SSSR count). The van der Waals surface area contributed by atoms with Gasteiger partial charge in [0.2, 0.25) is 0 Å². The van der Waals surface area contributed by atoms with Crippen molar-refractivity contribution in [1.29, 1.82) is 0 Å². The van der Waals surface area contributed by atoms with E-state index in [1.807, 2.05) is 6.07 Å². The summed E-state index contributed by atoms with van der Waals surface area (Å²) in [5.41, 5.74) is 18.5. The van der Waals surface area contributed by atoms with E-state index < -0.39 is 17.6 Å². The maximum absolute atomic E-state index is 12.8. The number of carbonyl (C=O) groups excluding carboxylic acids is 1.